The third-order valence-corrected chi connectivity index (χ3v) is 4.87. The van der Waals surface area contributed by atoms with Crippen LogP contribution in [0, 0.1) is 17.3 Å². The third-order valence-electron chi connectivity index (χ3n) is 4.87. The molecule has 0 amide bonds. The molecule has 2 aliphatic carbocycles. The van der Waals surface area contributed by atoms with Crippen molar-refractivity contribution in [2.24, 2.45) is 17.3 Å². The highest BCUT2D eigenvalue weighted by molar-refractivity contribution is 5.86. The van der Waals surface area contributed by atoms with Gasteiger partial charge in [0.1, 0.15) is 0 Å². The lowest BCUT2D eigenvalue weighted by Crippen LogP contribution is -2.41. The zero-order chi connectivity index (χ0) is 13.5. The maximum absolute atomic E-state index is 11.0. The van der Waals surface area contributed by atoms with Crippen LogP contribution >= 0.6 is 0 Å². The molecule has 100 valence electrons. The first-order chi connectivity index (χ1) is 8.33. The van der Waals surface area contributed by atoms with Gasteiger partial charge in [-0.3, -0.25) is 0 Å². The molecule has 4 atom stereocenters. The molecule has 3 nitrogen and oxygen atoms in total. The first kappa shape index (κ1) is 13.3. The second-order valence-corrected chi connectivity index (χ2v) is 6.19. The van der Waals surface area contributed by atoms with E-state index in [1.54, 1.807) is 0 Å². The average molecular weight is 250 g/mol. The largest absolute Gasteiger partial charge is 0.478 e. The van der Waals surface area contributed by atoms with Crippen molar-refractivity contribution in [2.45, 2.75) is 45.6 Å². The van der Waals surface area contributed by atoms with E-state index in [1.165, 1.54) is 5.57 Å². The zero-order valence-electron chi connectivity index (χ0n) is 11.1. The minimum absolute atomic E-state index is 0.0826. The number of carboxylic acid groups (broad SMARTS) is 1. The molecule has 0 aliphatic heterocycles. The predicted octanol–water partition coefficient (Wildman–Crippen LogP) is 2.76. The van der Waals surface area contributed by atoms with Crippen LogP contribution in [0.1, 0.15) is 39.5 Å². The van der Waals surface area contributed by atoms with Gasteiger partial charge in [-0.25, -0.2) is 4.79 Å². The van der Waals surface area contributed by atoms with E-state index in [1.807, 2.05) is 6.08 Å². The van der Waals surface area contributed by atoms with Crippen LogP contribution in [0.3, 0.4) is 0 Å². The highest BCUT2D eigenvalue weighted by Crippen LogP contribution is 2.52. The first-order valence-corrected chi connectivity index (χ1v) is 6.62. The van der Waals surface area contributed by atoms with Crippen LogP contribution in [-0.2, 0) is 4.79 Å². The number of hydrogen-bond donors (Lipinski definition) is 2. The van der Waals surface area contributed by atoms with E-state index in [0.29, 0.717) is 11.5 Å². The van der Waals surface area contributed by atoms with Crippen molar-refractivity contribution in [1.82, 2.24) is 0 Å². The molecule has 0 radical (unpaired) electrons. The van der Waals surface area contributed by atoms with E-state index in [9.17, 15) is 9.90 Å². The van der Waals surface area contributed by atoms with Crippen LogP contribution < -0.4 is 0 Å². The molecule has 3 heteroatoms. The monoisotopic (exact) mass is 250 g/mol. The van der Waals surface area contributed by atoms with Crippen LogP contribution in [0.25, 0.3) is 0 Å². The van der Waals surface area contributed by atoms with Crippen molar-refractivity contribution >= 4 is 5.97 Å². The summed E-state index contributed by atoms with van der Waals surface area (Å²) in [5.74, 6) is -0.406. The number of fused-ring (bicyclic) bond motifs is 1. The molecular formula is C15H22O3. The van der Waals surface area contributed by atoms with E-state index >= 15 is 0 Å². The van der Waals surface area contributed by atoms with Crippen LogP contribution in [-0.4, -0.2) is 22.3 Å². The van der Waals surface area contributed by atoms with Gasteiger partial charge in [0, 0.05) is 5.57 Å². The van der Waals surface area contributed by atoms with Gasteiger partial charge in [-0.1, -0.05) is 25.2 Å². The lowest BCUT2D eigenvalue weighted by Gasteiger charge is -2.48. The fourth-order valence-corrected chi connectivity index (χ4v) is 3.79. The van der Waals surface area contributed by atoms with Gasteiger partial charge in [0.2, 0.25) is 0 Å². The summed E-state index contributed by atoms with van der Waals surface area (Å²) in [5.41, 5.74) is 1.67. The Morgan fingerprint density at radius 1 is 1.56 bits per heavy atom. The minimum Gasteiger partial charge on any atom is -0.478 e. The van der Waals surface area contributed by atoms with Crippen molar-refractivity contribution in [3.05, 3.63) is 23.8 Å². The topological polar surface area (TPSA) is 57.5 Å². The van der Waals surface area contributed by atoms with E-state index in [0.717, 1.165) is 25.7 Å². The number of aliphatic hydroxyl groups is 1. The molecule has 0 aromatic rings. The molecule has 0 saturated heterocycles. The Morgan fingerprint density at radius 2 is 2.22 bits per heavy atom. The van der Waals surface area contributed by atoms with E-state index in [4.69, 9.17) is 5.11 Å². The maximum Gasteiger partial charge on any atom is 0.331 e. The van der Waals surface area contributed by atoms with Crippen LogP contribution in [0.2, 0.25) is 0 Å². The molecule has 2 N–H and O–H groups in total. The van der Waals surface area contributed by atoms with Gasteiger partial charge in [-0.15, -0.1) is 0 Å². The highest BCUT2D eigenvalue weighted by Gasteiger charge is 2.44. The Balaban J connectivity index is 2.20. The van der Waals surface area contributed by atoms with E-state index < -0.39 is 5.97 Å². The van der Waals surface area contributed by atoms with Crippen molar-refractivity contribution in [3.63, 3.8) is 0 Å². The molecular weight excluding hydrogens is 228 g/mol. The quantitative estimate of drug-likeness (QED) is 0.585. The summed E-state index contributed by atoms with van der Waals surface area (Å²) in [7, 11) is 0. The molecule has 0 aromatic heterocycles. The van der Waals surface area contributed by atoms with Crippen LogP contribution in [0.15, 0.2) is 23.8 Å². The van der Waals surface area contributed by atoms with Crippen LogP contribution in [0.4, 0.5) is 0 Å². The Hall–Kier alpha value is -1.09. The fraction of sp³-hybridized carbons (Fsp3) is 0.667. The van der Waals surface area contributed by atoms with E-state index in [-0.39, 0.29) is 17.4 Å². The number of aliphatic hydroxyl groups excluding tert-OH is 1. The molecule has 0 heterocycles. The lowest BCUT2D eigenvalue weighted by atomic mass is 9.57. The Labute approximate surface area is 108 Å². The second kappa shape index (κ2) is 4.54. The molecule has 2 rings (SSSR count). The minimum atomic E-state index is -0.874. The average Bonchev–Trinajstić information content (AvgIpc) is 2.26. The summed E-state index contributed by atoms with van der Waals surface area (Å²) in [5, 5.41) is 18.9. The van der Waals surface area contributed by atoms with E-state index in [2.05, 4.69) is 20.4 Å². The summed E-state index contributed by atoms with van der Waals surface area (Å²) in [6, 6.07) is 0. The van der Waals surface area contributed by atoms with Gasteiger partial charge in [0.05, 0.1) is 6.10 Å². The van der Waals surface area contributed by atoms with Gasteiger partial charge in [0.25, 0.3) is 0 Å². The predicted molar refractivity (Wildman–Crippen MR) is 70.1 cm³/mol. The Morgan fingerprint density at radius 3 is 2.83 bits per heavy atom. The Kier molecular flexibility index (Phi) is 3.37. The smallest absolute Gasteiger partial charge is 0.331 e. The molecule has 0 bridgehead atoms. The molecule has 0 spiro atoms. The van der Waals surface area contributed by atoms with Crippen molar-refractivity contribution in [3.8, 4) is 0 Å². The number of aliphatic carboxylic acids is 1. The molecule has 18 heavy (non-hydrogen) atoms. The third kappa shape index (κ3) is 2.24. The van der Waals surface area contributed by atoms with Crippen LogP contribution in [0.5, 0.6) is 0 Å². The molecule has 4 unspecified atom stereocenters. The molecule has 1 fully saturated rings. The van der Waals surface area contributed by atoms with Crippen molar-refractivity contribution < 1.29 is 15.0 Å². The normalized spacial score (nSPS) is 39.7. The first-order valence-electron chi connectivity index (χ1n) is 6.62. The molecule has 2 aliphatic rings. The van der Waals surface area contributed by atoms with Gasteiger partial charge in [-0.05, 0) is 49.9 Å². The van der Waals surface area contributed by atoms with Crippen molar-refractivity contribution in [2.75, 3.05) is 0 Å². The lowest BCUT2D eigenvalue weighted by molar-refractivity contribution is -0.133. The Bertz CT molecular complexity index is 410. The van der Waals surface area contributed by atoms with Gasteiger partial charge >= 0.3 is 5.97 Å². The maximum atomic E-state index is 11.0. The van der Waals surface area contributed by atoms with Gasteiger partial charge < -0.3 is 10.2 Å². The number of rotatable bonds is 2. The summed E-state index contributed by atoms with van der Waals surface area (Å²) >= 11 is 0. The SMILES string of the molecule is C=C(C(=O)O)C1CCC2(C)CC(O)C=C(C)C2C1. The highest BCUT2D eigenvalue weighted by atomic mass is 16.4. The summed E-state index contributed by atoms with van der Waals surface area (Å²) < 4.78 is 0. The number of allylic oxidation sites excluding steroid dienone is 1. The summed E-state index contributed by atoms with van der Waals surface area (Å²) in [4.78, 5) is 11.0. The van der Waals surface area contributed by atoms with Gasteiger partial charge in [-0.2, -0.15) is 0 Å². The van der Waals surface area contributed by atoms with Crippen molar-refractivity contribution in [1.29, 1.82) is 0 Å². The fourth-order valence-electron chi connectivity index (χ4n) is 3.79. The number of hydrogen-bond acceptors (Lipinski definition) is 2. The summed E-state index contributed by atoms with van der Waals surface area (Å²) in [6.07, 6.45) is 5.08. The standard InChI is InChI=1S/C15H22O3/c1-9-6-12(16)8-15(3)5-4-11(7-13(9)15)10(2)14(17)18/h6,11-13,16H,2,4-5,7-8H2,1,3H3,(H,17,18). The number of carboxylic acids is 1. The summed E-state index contributed by atoms with van der Waals surface area (Å²) in [6.45, 7) is 7.98. The molecule has 0 aromatic carbocycles. The molecule has 1 saturated carbocycles. The second-order valence-electron chi connectivity index (χ2n) is 6.19. The zero-order valence-corrected chi connectivity index (χ0v) is 11.1. The van der Waals surface area contributed by atoms with Gasteiger partial charge in [0.15, 0.2) is 0 Å². The number of carbonyl (C=O) groups is 1.